The second-order valence-corrected chi connectivity index (χ2v) is 9.36. The topological polar surface area (TPSA) is 64.4 Å². The molecular formula is C28H30F3N3O3. The molecule has 1 aliphatic rings. The summed E-state index contributed by atoms with van der Waals surface area (Å²) in [5.74, 6) is -0.611. The van der Waals surface area contributed by atoms with Crippen molar-refractivity contribution < 1.29 is 27.5 Å². The van der Waals surface area contributed by atoms with Crippen LogP contribution < -0.4 is 9.64 Å². The van der Waals surface area contributed by atoms with Gasteiger partial charge in [0.25, 0.3) is 0 Å². The summed E-state index contributed by atoms with van der Waals surface area (Å²) in [5.41, 5.74) is 1.32. The zero-order chi connectivity index (χ0) is 26.6. The average Bonchev–Trinajstić information content (AvgIpc) is 3.27. The molecule has 0 spiro atoms. The summed E-state index contributed by atoms with van der Waals surface area (Å²) in [6.45, 7) is -0.288. The molecule has 1 amide bonds. The van der Waals surface area contributed by atoms with Gasteiger partial charge in [0, 0.05) is 36.3 Å². The number of nitrogens with zero attached hydrogens (tertiary/aromatic N) is 3. The lowest BCUT2D eigenvalue weighted by molar-refractivity contribution is -0.142. The van der Waals surface area contributed by atoms with Crippen molar-refractivity contribution in [3.8, 4) is 5.75 Å². The Bertz CT molecular complexity index is 1240. The molecule has 0 radical (unpaired) electrons. The van der Waals surface area contributed by atoms with E-state index in [1.165, 1.54) is 9.58 Å². The molecule has 2 aromatic carbocycles. The lowest BCUT2D eigenvalue weighted by Gasteiger charge is -2.24. The smallest absolute Gasteiger partial charge is 0.435 e. The lowest BCUT2D eigenvalue weighted by Crippen LogP contribution is -2.35. The minimum Gasteiger partial charge on any atom is -0.497 e. The van der Waals surface area contributed by atoms with E-state index in [1.54, 1.807) is 38.4 Å². The Hall–Kier alpha value is -3.62. The molecule has 37 heavy (non-hydrogen) atoms. The molecule has 4 rings (SSSR count). The van der Waals surface area contributed by atoms with Gasteiger partial charge in [-0.3, -0.25) is 14.3 Å². The molecule has 1 heterocycles. The summed E-state index contributed by atoms with van der Waals surface area (Å²) >= 11 is 0. The quantitative estimate of drug-likeness (QED) is 0.391. The monoisotopic (exact) mass is 513 g/mol. The van der Waals surface area contributed by atoms with Gasteiger partial charge in [0.2, 0.25) is 5.91 Å². The van der Waals surface area contributed by atoms with Gasteiger partial charge >= 0.3 is 6.18 Å². The third kappa shape index (κ3) is 6.21. The molecule has 0 bridgehead atoms. The van der Waals surface area contributed by atoms with Gasteiger partial charge < -0.3 is 9.64 Å². The van der Waals surface area contributed by atoms with Gasteiger partial charge in [-0.2, -0.15) is 18.3 Å². The third-order valence-electron chi connectivity index (χ3n) is 6.79. The van der Waals surface area contributed by atoms with Crippen LogP contribution in [0.5, 0.6) is 5.75 Å². The fraction of sp³-hybridized carbons (Fsp3) is 0.393. The molecule has 1 aliphatic carbocycles. The van der Waals surface area contributed by atoms with Crippen molar-refractivity contribution in [2.75, 3.05) is 19.1 Å². The molecule has 0 N–H and O–H groups in total. The first-order chi connectivity index (χ1) is 17.7. The van der Waals surface area contributed by atoms with Crippen LogP contribution in [-0.2, 0) is 41.6 Å². The Morgan fingerprint density at radius 2 is 1.73 bits per heavy atom. The number of carbonyl (C=O) groups excluding carboxylic acids is 2. The minimum absolute atomic E-state index is 0.107. The zero-order valence-electron chi connectivity index (χ0n) is 20.9. The van der Waals surface area contributed by atoms with Crippen LogP contribution in [-0.4, -0.2) is 35.6 Å². The maximum atomic E-state index is 13.6. The summed E-state index contributed by atoms with van der Waals surface area (Å²) in [4.78, 5) is 28.2. The second kappa shape index (κ2) is 11.2. The minimum atomic E-state index is -4.57. The van der Waals surface area contributed by atoms with E-state index in [2.05, 4.69) is 5.10 Å². The van der Waals surface area contributed by atoms with E-state index in [0.717, 1.165) is 12.0 Å². The molecule has 196 valence electrons. The number of hydrogen-bond donors (Lipinski definition) is 0. The van der Waals surface area contributed by atoms with E-state index in [0.29, 0.717) is 42.8 Å². The molecule has 0 saturated heterocycles. The highest BCUT2D eigenvalue weighted by Gasteiger charge is 2.39. The van der Waals surface area contributed by atoms with E-state index in [1.807, 2.05) is 30.3 Å². The number of methoxy groups -OCH3 is 1. The van der Waals surface area contributed by atoms with Gasteiger partial charge in [-0.05, 0) is 61.9 Å². The Labute approximate surface area is 214 Å². The lowest BCUT2D eigenvalue weighted by atomic mass is 9.92. The molecule has 9 heteroatoms. The fourth-order valence-corrected chi connectivity index (χ4v) is 4.89. The number of anilines is 1. The molecule has 1 atom stereocenters. The van der Waals surface area contributed by atoms with Crippen LogP contribution in [0.25, 0.3) is 0 Å². The molecule has 0 fully saturated rings. The first-order valence-electron chi connectivity index (χ1n) is 12.3. The number of aromatic nitrogens is 2. The van der Waals surface area contributed by atoms with Gasteiger partial charge in [-0.15, -0.1) is 0 Å². The first kappa shape index (κ1) is 26.4. The first-order valence-corrected chi connectivity index (χ1v) is 12.3. The van der Waals surface area contributed by atoms with Crippen molar-refractivity contribution in [3.63, 3.8) is 0 Å². The van der Waals surface area contributed by atoms with Crippen molar-refractivity contribution >= 4 is 17.4 Å². The molecule has 6 nitrogen and oxygen atoms in total. The number of benzene rings is 2. The van der Waals surface area contributed by atoms with Gasteiger partial charge in [0.05, 0.1) is 13.7 Å². The van der Waals surface area contributed by atoms with Crippen molar-refractivity contribution in [2.24, 2.45) is 5.92 Å². The summed E-state index contributed by atoms with van der Waals surface area (Å²) in [6.07, 6.45) is -2.16. The van der Waals surface area contributed by atoms with Crippen molar-refractivity contribution in [1.82, 2.24) is 9.78 Å². The maximum Gasteiger partial charge on any atom is 0.435 e. The molecule has 1 aromatic heterocycles. The Morgan fingerprint density at radius 3 is 2.38 bits per heavy atom. The van der Waals surface area contributed by atoms with Crippen LogP contribution in [0.3, 0.4) is 0 Å². The summed E-state index contributed by atoms with van der Waals surface area (Å²) in [5, 5.41) is 3.80. The van der Waals surface area contributed by atoms with Gasteiger partial charge in [-0.25, -0.2) is 0 Å². The Kier molecular flexibility index (Phi) is 8.00. The second-order valence-electron chi connectivity index (χ2n) is 9.36. The number of ketones is 1. The molecule has 3 aromatic rings. The van der Waals surface area contributed by atoms with Crippen LogP contribution in [0.2, 0.25) is 0 Å². The number of carbonyl (C=O) groups is 2. The van der Waals surface area contributed by atoms with E-state index >= 15 is 0 Å². The predicted octanol–water partition coefficient (Wildman–Crippen LogP) is 5.27. The molecule has 0 aliphatic heterocycles. The molecule has 0 saturated carbocycles. The van der Waals surface area contributed by atoms with Crippen LogP contribution in [0, 0.1) is 5.92 Å². The molecule has 0 unspecified atom stereocenters. The predicted molar refractivity (Wildman–Crippen MR) is 134 cm³/mol. The third-order valence-corrected chi connectivity index (χ3v) is 6.79. The Morgan fingerprint density at radius 1 is 1.05 bits per heavy atom. The van der Waals surface area contributed by atoms with Crippen molar-refractivity contribution in [1.29, 1.82) is 0 Å². The average molecular weight is 514 g/mol. The number of Topliss-reactive ketones (excluding diaryl/α,β-unsaturated/α-hetero) is 1. The van der Waals surface area contributed by atoms with E-state index < -0.39 is 17.8 Å². The number of ether oxygens (including phenoxy) is 1. The number of halogens is 3. The molecular weight excluding hydrogens is 483 g/mol. The van der Waals surface area contributed by atoms with E-state index in [4.69, 9.17) is 4.74 Å². The Balaban J connectivity index is 1.55. The number of amides is 1. The number of rotatable bonds is 9. The normalized spacial score (nSPS) is 14.1. The maximum absolute atomic E-state index is 13.6. The van der Waals surface area contributed by atoms with Gasteiger partial charge in [-0.1, -0.05) is 30.3 Å². The van der Waals surface area contributed by atoms with Gasteiger partial charge in [0.1, 0.15) is 5.75 Å². The highest BCUT2D eigenvalue weighted by Crippen LogP contribution is 2.36. The summed E-state index contributed by atoms with van der Waals surface area (Å²) in [7, 11) is 3.20. The van der Waals surface area contributed by atoms with Crippen LogP contribution in [0.4, 0.5) is 18.9 Å². The zero-order valence-corrected chi connectivity index (χ0v) is 20.9. The van der Waals surface area contributed by atoms with Crippen molar-refractivity contribution in [3.05, 3.63) is 77.1 Å². The number of hydrogen-bond acceptors (Lipinski definition) is 4. The summed E-state index contributed by atoms with van der Waals surface area (Å²) < 4.78 is 47.1. The van der Waals surface area contributed by atoms with Crippen LogP contribution in [0.1, 0.15) is 41.8 Å². The number of alkyl halides is 3. The van der Waals surface area contributed by atoms with Crippen LogP contribution >= 0.6 is 0 Å². The van der Waals surface area contributed by atoms with E-state index in [-0.39, 0.29) is 30.2 Å². The fourth-order valence-electron chi connectivity index (χ4n) is 4.89. The number of fused-ring (bicyclic) bond motifs is 1. The van der Waals surface area contributed by atoms with Crippen molar-refractivity contribution in [2.45, 2.75) is 51.2 Å². The summed E-state index contributed by atoms with van der Waals surface area (Å²) in [6, 6.07) is 16.4. The van der Waals surface area contributed by atoms with E-state index in [9.17, 15) is 22.8 Å². The van der Waals surface area contributed by atoms with Crippen LogP contribution in [0.15, 0.2) is 54.6 Å². The highest BCUT2D eigenvalue weighted by atomic mass is 19.4. The van der Waals surface area contributed by atoms with Gasteiger partial charge in [0.15, 0.2) is 11.5 Å². The standard InChI is InChI=1S/C28H30F3N3O3/c1-33(21-12-14-23(37-2)15-13-21)27(36)20(16-19-8-4-3-5-9-19)17-22(35)18-34-25-11-7-6-10-24(25)26(32-34)28(29,30)31/h3-5,8-9,12-15,20H,6-7,10-11,16-18H2,1-2H3/t20-/m1/s1. The highest BCUT2D eigenvalue weighted by molar-refractivity contribution is 5.97. The SMILES string of the molecule is COc1ccc(N(C)C(=O)[C@@H](CC(=O)Cn2nc(C(F)(F)F)c3c2CCCC3)Cc2ccccc2)cc1. The largest absolute Gasteiger partial charge is 0.497 e.